The van der Waals surface area contributed by atoms with Crippen LogP contribution in [-0.4, -0.2) is 22.1 Å². The third kappa shape index (κ3) is 4.50. The number of alkyl halides is 2. The van der Waals surface area contributed by atoms with Gasteiger partial charge in [0.2, 0.25) is 5.91 Å². The van der Waals surface area contributed by atoms with Gasteiger partial charge in [-0.2, -0.15) is 8.78 Å². The maximum atomic E-state index is 12.6. The Kier molecular flexibility index (Phi) is 6.06. The maximum Gasteiger partial charge on any atom is 0.387 e. The summed E-state index contributed by atoms with van der Waals surface area (Å²) in [6.07, 6.45) is 0.387. The van der Waals surface area contributed by atoms with E-state index in [9.17, 15) is 23.2 Å². The Bertz CT molecular complexity index is 1140. The number of hydrogen-bond donors (Lipinski definition) is 2. The number of nitrogens with one attached hydrogen (secondary N) is 2. The summed E-state index contributed by atoms with van der Waals surface area (Å²) in [5, 5.41) is 2.95. The van der Waals surface area contributed by atoms with E-state index in [1.54, 1.807) is 49.4 Å². The van der Waals surface area contributed by atoms with Crippen molar-refractivity contribution in [2.75, 3.05) is 0 Å². The van der Waals surface area contributed by atoms with E-state index in [0.29, 0.717) is 17.5 Å². The number of nitrogens with zero attached hydrogens (tertiary/aromatic N) is 1. The summed E-state index contributed by atoms with van der Waals surface area (Å²) >= 11 is 0. The van der Waals surface area contributed by atoms with Crippen LogP contribution in [0.5, 0.6) is 5.75 Å². The van der Waals surface area contributed by atoms with Gasteiger partial charge in [0.15, 0.2) is 0 Å². The van der Waals surface area contributed by atoms with Gasteiger partial charge in [-0.1, -0.05) is 37.3 Å². The summed E-state index contributed by atoms with van der Waals surface area (Å²) in [5.74, 6) is -0.651. The molecule has 0 aliphatic rings. The largest absolute Gasteiger partial charge is 0.434 e. The fraction of sp³-hybridized carbons (Fsp3) is 0.250. The highest BCUT2D eigenvalue weighted by Gasteiger charge is 2.20. The fourth-order valence-electron chi connectivity index (χ4n) is 3.10. The van der Waals surface area contributed by atoms with Crippen molar-refractivity contribution < 1.29 is 18.3 Å². The number of carbonyl (C=O) groups is 1. The lowest BCUT2D eigenvalue weighted by atomic mass is 10.0. The number of benzene rings is 2. The topological polar surface area (TPSA) is 93.2 Å². The number of halogens is 2. The van der Waals surface area contributed by atoms with Gasteiger partial charge in [-0.25, -0.2) is 4.79 Å². The first-order chi connectivity index (χ1) is 13.9. The molecular weight excluding hydrogens is 384 g/mol. The van der Waals surface area contributed by atoms with Crippen LogP contribution in [0.2, 0.25) is 0 Å². The Hall–Kier alpha value is -3.49. The van der Waals surface area contributed by atoms with Crippen molar-refractivity contribution in [3.63, 3.8) is 0 Å². The highest BCUT2D eigenvalue weighted by atomic mass is 19.3. The summed E-state index contributed by atoms with van der Waals surface area (Å²) in [4.78, 5) is 39.8. The molecular formula is C20H19F2N3O4. The Morgan fingerprint density at radius 1 is 1.14 bits per heavy atom. The second-order valence-corrected chi connectivity index (χ2v) is 6.31. The summed E-state index contributed by atoms with van der Waals surface area (Å²) in [6.45, 7) is -1.74. The Morgan fingerprint density at radius 3 is 2.55 bits per heavy atom. The molecule has 0 saturated carbocycles. The molecule has 0 bridgehead atoms. The summed E-state index contributed by atoms with van der Waals surface area (Å²) in [6, 6.07) is 12.0. The van der Waals surface area contributed by atoms with E-state index in [0.717, 1.165) is 4.57 Å². The van der Waals surface area contributed by atoms with Gasteiger partial charge in [0.1, 0.15) is 12.3 Å². The van der Waals surface area contributed by atoms with E-state index in [2.05, 4.69) is 15.0 Å². The molecule has 0 aliphatic carbocycles. The number of hydrogen-bond acceptors (Lipinski definition) is 4. The monoisotopic (exact) mass is 403 g/mol. The Labute approximate surface area is 163 Å². The summed E-state index contributed by atoms with van der Waals surface area (Å²) < 4.78 is 30.6. The van der Waals surface area contributed by atoms with Crippen LogP contribution in [-0.2, 0) is 11.3 Å². The third-order valence-electron chi connectivity index (χ3n) is 4.45. The first-order valence-electron chi connectivity index (χ1n) is 8.95. The molecule has 0 radical (unpaired) electrons. The van der Waals surface area contributed by atoms with Crippen LogP contribution in [0.25, 0.3) is 10.9 Å². The molecule has 0 fully saturated rings. The molecule has 1 unspecified atom stereocenters. The smallest absolute Gasteiger partial charge is 0.387 e. The van der Waals surface area contributed by atoms with Crippen molar-refractivity contribution in [2.24, 2.45) is 0 Å². The van der Waals surface area contributed by atoms with Crippen LogP contribution >= 0.6 is 0 Å². The quantitative estimate of drug-likeness (QED) is 0.634. The second kappa shape index (κ2) is 8.68. The molecule has 29 heavy (non-hydrogen) atoms. The van der Waals surface area contributed by atoms with E-state index in [1.807, 2.05) is 0 Å². The molecule has 1 aromatic heterocycles. The minimum Gasteiger partial charge on any atom is -0.434 e. The molecule has 0 spiro atoms. The van der Waals surface area contributed by atoms with Crippen molar-refractivity contribution in [2.45, 2.75) is 32.5 Å². The van der Waals surface area contributed by atoms with Crippen LogP contribution in [0.15, 0.2) is 58.1 Å². The number of H-pyrrole nitrogens is 1. The van der Waals surface area contributed by atoms with Gasteiger partial charge >= 0.3 is 12.3 Å². The van der Waals surface area contributed by atoms with Gasteiger partial charge in [-0.15, -0.1) is 0 Å². The Morgan fingerprint density at radius 2 is 1.83 bits per heavy atom. The predicted octanol–water partition coefficient (Wildman–Crippen LogP) is 2.56. The molecule has 1 atom stereocenters. The van der Waals surface area contributed by atoms with Gasteiger partial charge in [0.25, 0.3) is 5.56 Å². The van der Waals surface area contributed by atoms with E-state index >= 15 is 0 Å². The van der Waals surface area contributed by atoms with E-state index in [4.69, 9.17) is 0 Å². The number of aromatic nitrogens is 2. The minimum atomic E-state index is -3.00. The minimum absolute atomic E-state index is 0.0460. The van der Waals surface area contributed by atoms with Crippen LogP contribution in [0.1, 0.15) is 24.9 Å². The van der Waals surface area contributed by atoms with E-state index < -0.39 is 36.4 Å². The molecule has 0 aliphatic heterocycles. The molecule has 2 N–H and O–H groups in total. The maximum absolute atomic E-state index is 12.6. The zero-order valence-electron chi connectivity index (χ0n) is 15.5. The number of fused-ring (bicyclic) bond motifs is 1. The second-order valence-electron chi connectivity index (χ2n) is 6.31. The highest BCUT2D eigenvalue weighted by molar-refractivity contribution is 5.79. The van der Waals surface area contributed by atoms with Crippen LogP contribution in [0.3, 0.4) is 0 Å². The van der Waals surface area contributed by atoms with Crippen molar-refractivity contribution in [3.05, 3.63) is 74.9 Å². The SMILES string of the molecule is CCC(NC(=O)Cn1c(=O)[nH]c2ccccc2c1=O)c1ccccc1OC(F)F. The lowest BCUT2D eigenvalue weighted by molar-refractivity contribution is -0.122. The van der Waals surface area contributed by atoms with E-state index in [1.165, 1.54) is 6.07 Å². The van der Waals surface area contributed by atoms with Gasteiger partial charge in [0.05, 0.1) is 16.9 Å². The van der Waals surface area contributed by atoms with Crippen molar-refractivity contribution in [3.8, 4) is 5.75 Å². The lowest BCUT2D eigenvalue weighted by Crippen LogP contribution is -2.41. The van der Waals surface area contributed by atoms with Crippen molar-refractivity contribution in [1.29, 1.82) is 0 Å². The molecule has 2 aromatic carbocycles. The molecule has 3 rings (SSSR count). The molecule has 3 aromatic rings. The lowest BCUT2D eigenvalue weighted by Gasteiger charge is -2.20. The van der Waals surface area contributed by atoms with Crippen LogP contribution in [0.4, 0.5) is 8.78 Å². The number of carbonyl (C=O) groups excluding carboxylic acids is 1. The average Bonchev–Trinajstić information content (AvgIpc) is 2.69. The predicted molar refractivity (Wildman–Crippen MR) is 103 cm³/mol. The molecule has 1 amide bonds. The third-order valence-corrected chi connectivity index (χ3v) is 4.45. The van der Waals surface area contributed by atoms with Gasteiger partial charge in [-0.3, -0.25) is 14.2 Å². The first-order valence-corrected chi connectivity index (χ1v) is 8.95. The van der Waals surface area contributed by atoms with Gasteiger partial charge in [0, 0.05) is 5.56 Å². The number of rotatable bonds is 7. The summed E-state index contributed by atoms with van der Waals surface area (Å²) in [5.41, 5.74) is -0.542. The van der Waals surface area contributed by atoms with Crippen molar-refractivity contribution >= 4 is 16.8 Å². The number of amides is 1. The average molecular weight is 403 g/mol. The zero-order chi connectivity index (χ0) is 21.0. The van der Waals surface area contributed by atoms with Crippen molar-refractivity contribution in [1.82, 2.24) is 14.9 Å². The molecule has 9 heteroatoms. The first kappa shape index (κ1) is 20.2. The Balaban J connectivity index is 1.85. The number of ether oxygens (including phenoxy) is 1. The van der Waals surface area contributed by atoms with Crippen LogP contribution < -0.4 is 21.3 Å². The van der Waals surface area contributed by atoms with Crippen LogP contribution in [0, 0.1) is 0 Å². The fourth-order valence-corrected chi connectivity index (χ4v) is 3.10. The number of para-hydroxylation sites is 2. The molecule has 1 heterocycles. The molecule has 7 nitrogen and oxygen atoms in total. The number of aromatic amines is 1. The summed E-state index contributed by atoms with van der Waals surface area (Å²) in [7, 11) is 0. The van der Waals surface area contributed by atoms with E-state index in [-0.39, 0.29) is 11.1 Å². The normalized spacial score (nSPS) is 12.1. The standard InChI is InChI=1S/C20H19F2N3O4/c1-2-14(12-7-4-6-10-16(12)29-19(21)22)23-17(26)11-25-18(27)13-8-3-5-9-15(13)24-20(25)28/h3-10,14,19H,2,11H2,1H3,(H,23,26)(H,24,28). The van der Waals surface area contributed by atoms with Gasteiger partial charge < -0.3 is 15.0 Å². The molecule has 0 saturated heterocycles. The highest BCUT2D eigenvalue weighted by Crippen LogP contribution is 2.28. The van der Waals surface area contributed by atoms with Gasteiger partial charge in [-0.05, 0) is 24.6 Å². The zero-order valence-corrected chi connectivity index (χ0v) is 15.5. The molecule has 152 valence electrons.